The predicted octanol–water partition coefficient (Wildman–Crippen LogP) is 3.27. The fraction of sp³-hybridized carbons (Fsp3) is 0.350. The van der Waals surface area contributed by atoms with E-state index in [0.717, 1.165) is 42.6 Å². The number of anilines is 1. The number of aryl methyl sites for hydroxylation is 2. The third kappa shape index (κ3) is 4.25. The largest absolute Gasteiger partial charge is 0.342 e. The third-order valence-electron chi connectivity index (χ3n) is 4.81. The Bertz CT molecular complexity index is 899. The highest BCUT2D eigenvalue weighted by molar-refractivity contribution is 7.92. The summed E-state index contributed by atoms with van der Waals surface area (Å²) in [4.78, 5) is 14.3. The minimum atomic E-state index is -3.63. The zero-order valence-corrected chi connectivity index (χ0v) is 16.0. The van der Waals surface area contributed by atoms with Crippen molar-refractivity contribution in [1.82, 2.24) is 4.90 Å². The Morgan fingerprint density at radius 3 is 2.27 bits per heavy atom. The lowest BCUT2D eigenvalue weighted by Gasteiger charge is -2.15. The van der Waals surface area contributed by atoms with E-state index in [9.17, 15) is 13.2 Å². The Morgan fingerprint density at radius 2 is 1.65 bits per heavy atom. The molecule has 0 bridgehead atoms. The van der Waals surface area contributed by atoms with Gasteiger partial charge in [0.2, 0.25) is 5.91 Å². The summed E-state index contributed by atoms with van der Waals surface area (Å²) >= 11 is 0. The second-order valence-electron chi connectivity index (χ2n) is 6.81. The molecule has 3 rings (SSSR count). The van der Waals surface area contributed by atoms with Crippen LogP contribution in [0.3, 0.4) is 0 Å². The van der Waals surface area contributed by atoms with Crippen molar-refractivity contribution in [1.29, 1.82) is 0 Å². The molecule has 0 unspecified atom stereocenters. The molecule has 1 N–H and O–H groups in total. The van der Waals surface area contributed by atoms with Crippen molar-refractivity contribution in [3.63, 3.8) is 0 Å². The molecule has 0 saturated carbocycles. The molecule has 1 amide bonds. The van der Waals surface area contributed by atoms with Crippen LogP contribution >= 0.6 is 0 Å². The first-order chi connectivity index (χ1) is 12.3. The van der Waals surface area contributed by atoms with E-state index in [-0.39, 0.29) is 10.8 Å². The molecule has 138 valence electrons. The normalized spacial score (nSPS) is 14.5. The lowest BCUT2D eigenvalue weighted by Crippen LogP contribution is -2.29. The number of rotatable bonds is 5. The van der Waals surface area contributed by atoms with Gasteiger partial charge in [-0.25, -0.2) is 8.42 Å². The Labute approximate surface area is 155 Å². The van der Waals surface area contributed by atoms with Crippen LogP contribution in [-0.2, 0) is 21.2 Å². The van der Waals surface area contributed by atoms with Gasteiger partial charge in [-0.2, -0.15) is 0 Å². The van der Waals surface area contributed by atoms with Crippen LogP contribution in [-0.4, -0.2) is 32.3 Å². The number of benzene rings is 2. The Kier molecular flexibility index (Phi) is 5.32. The van der Waals surface area contributed by atoms with E-state index < -0.39 is 10.0 Å². The Morgan fingerprint density at radius 1 is 1.00 bits per heavy atom. The summed E-state index contributed by atoms with van der Waals surface area (Å²) in [5.41, 5.74) is 3.36. The van der Waals surface area contributed by atoms with Crippen LogP contribution in [0.25, 0.3) is 0 Å². The number of nitrogens with one attached hydrogen (secondary N) is 1. The molecule has 0 atom stereocenters. The predicted molar refractivity (Wildman–Crippen MR) is 103 cm³/mol. The lowest BCUT2D eigenvalue weighted by atomic mass is 10.1. The second-order valence-corrected chi connectivity index (χ2v) is 8.50. The first kappa shape index (κ1) is 18.5. The van der Waals surface area contributed by atoms with Crippen LogP contribution in [0, 0.1) is 13.8 Å². The van der Waals surface area contributed by atoms with Crippen molar-refractivity contribution >= 4 is 21.6 Å². The summed E-state index contributed by atoms with van der Waals surface area (Å²) < 4.78 is 27.7. The maximum Gasteiger partial charge on any atom is 0.261 e. The van der Waals surface area contributed by atoms with Crippen LogP contribution in [0.15, 0.2) is 47.4 Å². The van der Waals surface area contributed by atoms with Crippen LogP contribution < -0.4 is 4.72 Å². The van der Waals surface area contributed by atoms with Gasteiger partial charge in [0.15, 0.2) is 0 Å². The molecule has 26 heavy (non-hydrogen) atoms. The molecule has 0 aliphatic carbocycles. The monoisotopic (exact) mass is 372 g/mol. The molecule has 0 aromatic heterocycles. The average Bonchev–Trinajstić information content (AvgIpc) is 3.13. The third-order valence-corrected chi connectivity index (χ3v) is 6.19. The summed E-state index contributed by atoms with van der Waals surface area (Å²) in [6, 6.07) is 12.1. The van der Waals surface area contributed by atoms with Crippen LogP contribution in [0.4, 0.5) is 5.69 Å². The molecule has 1 heterocycles. The minimum Gasteiger partial charge on any atom is -0.342 e. The summed E-state index contributed by atoms with van der Waals surface area (Å²) in [6.07, 6.45) is 2.50. The number of likely N-dealkylation sites (tertiary alicyclic amines) is 1. The van der Waals surface area contributed by atoms with Crippen LogP contribution in [0.1, 0.15) is 29.5 Å². The molecule has 2 aromatic carbocycles. The van der Waals surface area contributed by atoms with E-state index in [1.807, 2.05) is 18.7 Å². The van der Waals surface area contributed by atoms with Gasteiger partial charge in [0, 0.05) is 18.8 Å². The van der Waals surface area contributed by atoms with Crippen molar-refractivity contribution in [2.45, 2.75) is 38.0 Å². The Hall–Kier alpha value is -2.34. The standard InChI is InChI=1S/C20H24N2O3S/c1-15-5-10-19(13-16(15)2)26(24,25)21-18-8-6-17(7-9-18)14-20(23)22-11-3-4-12-22/h5-10,13,21H,3-4,11-12,14H2,1-2H3. The summed E-state index contributed by atoms with van der Waals surface area (Å²) in [5, 5.41) is 0. The average molecular weight is 372 g/mol. The SMILES string of the molecule is Cc1ccc(S(=O)(=O)Nc2ccc(CC(=O)N3CCCC3)cc2)cc1C. The first-order valence-electron chi connectivity index (χ1n) is 8.82. The van der Waals surface area contributed by atoms with E-state index in [1.54, 1.807) is 42.5 Å². The number of carbonyl (C=O) groups is 1. The molecule has 2 aromatic rings. The molecule has 0 spiro atoms. The molecular formula is C20H24N2O3S. The molecular weight excluding hydrogens is 348 g/mol. The van der Waals surface area contributed by atoms with Gasteiger partial charge in [0.1, 0.15) is 0 Å². The van der Waals surface area contributed by atoms with Gasteiger partial charge in [-0.3, -0.25) is 9.52 Å². The van der Waals surface area contributed by atoms with Crippen LogP contribution in [0.5, 0.6) is 0 Å². The number of nitrogens with zero attached hydrogens (tertiary/aromatic N) is 1. The fourth-order valence-corrected chi connectivity index (χ4v) is 4.18. The molecule has 1 aliphatic heterocycles. The molecule has 0 radical (unpaired) electrons. The second kappa shape index (κ2) is 7.50. The number of hydrogen-bond donors (Lipinski definition) is 1. The first-order valence-corrected chi connectivity index (χ1v) is 10.3. The molecule has 6 heteroatoms. The number of sulfonamides is 1. The van der Waals surface area contributed by atoms with Crippen molar-refractivity contribution < 1.29 is 13.2 Å². The van der Waals surface area contributed by atoms with Gasteiger partial charge in [0.05, 0.1) is 11.3 Å². The summed E-state index contributed by atoms with van der Waals surface area (Å²) in [7, 11) is -3.63. The summed E-state index contributed by atoms with van der Waals surface area (Å²) in [5.74, 6) is 0.131. The van der Waals surface area contributed by atoms with E-state index in [0.29, 0.717) is 12.1 Å². The zero-order chi connectivity index (χ0) is 18.7. The maximum absolute atomic E-state index is 12.5. The van der Waals surface area contributed by atoms with Gasteiger partial charge >= 0.3 is 0 Å². The van der Waals surface area contributed by atoms with E-state index >= 15 is 0 Å². The molecule has 1 aliphatic rings. The topological polar surface area (TPSA) is 66.5 Å². The smallest absolute Gasteiger partial charge is 0.261 e. The number of amides is 1. The van der Waals surface area contributed by atoms with E-state index in [2.05, 4.69) is 4.72 Å². The van der Waals surface area contributed by atoms with Gasteiger partial charge < -0.3 is 4.90 Å². The van der Waals surface area contributed by atoms with Gasteiger partial charge in [-0.1, -0.05) is 18.2 Å². The van der Waals surface area contributed by atoms with E-state index in [1.165, 1.54) is 0 Å². The van der Waals surface area contributed by atoms with Gasteiger partial charge in [-0.05, 0) is 67.6 Å². The highest BCUT2D eigenvalue weighted by atomic mass is 32.2. The molecule has 1 saturated heterocycles. The zero-order valence-electron chi connectivity index (χ0n) is 15.2. The molecule has 5 nitrogen and oxygen atoms in total. The van der Waals surface area contributed by atoms with E-state index in [4.69, 9.17) is 0 Å². The fourth-order valence-electron chi connectivity index (χ4n) is 3.04. The number of hydrogen-bond acceptors (Lipinski definition) is 3. The van der Waals surface area contributed by atoms with Crippen molar-refractivity contribution in [3.05, 3.63) is 59.2 Å². The van der Waals surface area contributed by atoms with Gasteiger partial charge in [-0.15, -0.1) is 0 Å². The van der Waals surface area contributed by atoms with Crippen molar-refractivity contribution in [2.24, 2.45) is 0 Å². The van der Waals surface area contributed by atoms with Crippen molar-refractivity contribution in [2.75, 3.05) is 17.8 Å². The maximum atomic E-state index is 12.5. The summed E-state index contributed by atoms with van der Waals surface area (Å²) in [6.45, 7) is 5.52. The van der Waals surface area contributed by atoms with Gasteiger partial charge in [0.25, 0.3) is 10.0 Å². The van der Waals surface area contributed by atoms with Crippen LogP contribution in [0.2, 0.25) is 0 Å². The Balaban J connectivity index is 1.68. The van der Waals surface area contributed by atoms with Crippen molar-refractivity contribution in [3.8, 4) is 0 Å². The minimum absolute atomic E-state index is 0.131. The quantitative estimate of drug-likeness (QED) is 0.876. The highest BCUT2D eigenvalue weighted by Crippen LogP contribution is 2.20. The number of carbonyl (C=O) groups excluding carboxylic acids is 1. The lowest BCUT2D eigenvalue weighted by molar-refractivity contribution is -0.129. The highest BCUT2D eigenvalue weighted by Gasteiger charge is 2.18. The molecule has 1 fully saturated rings.